The summed E-state index contributed by atoms with van der Waals surface area (Å²) in [5.41, 5.74) is 0.919. The van der Waals surface area contributed by atoms with E-state index in [9.17, 15) is 14.7 Å². The lowest BCUT2D eigenvalue weighted by Gasteiger charge is -2.15. The standard InChI is InChI=1S/C17H24O5/c1-4-5-15(22-12(2)18)11-14(19)8-6-13-7-9-16(20)17(10-13)21-3/h7,9-10,15,20H,4-6,8,11H2,1-3H3. The fourth-order valence-corrected chi connectivity index (χ4v) is 2.28. The fraction of sp³-hybridized carbons (Fsp3) is 0.529. The van der Waals surface area contributed by atoms with E-state index in [0.717, 1.165) is 12.0 Å². The zero-order chi connectivity index (χ0) is 16.5. The van der Waals surface area contributed by atoms with E-state index in [2.05, 4.69) is 0 Å². The Hall–Kier alpha value is -2.04. The first kappa shape index (κ1) is 18.0. The minimum atomic E-state index is -0.352. The molecule has 122 valence electrons. The van der Waals surface area contributed by atoms with Gasteiger partial charge in [-0.3, -0.25) is 9.59 Å². The van der Waals surface area contributed by atoms with Crippen LogP contribution in [0.1, 0.15) is 45.1 Å². The summed E-state index contributed by atoms with van der Waals surface area (Å²) in [6, 6.07) is 5.04. The highest BCUT2D eigenvalue weighted by Crippen LogP contribution is 2.26. The van der Waals surface area contributed by atoms with E-state index in [0.29, 0.717) is 25.0 Å². The Labute approximate surface area is 131 Å². The van der Waals surface area contributed by atoms with Gasteiger partial charge in [-0.1, -0.05) is 19.4 Å². The van der Waals surface area contributed by atoms with E-state index in [1.54, 1.807) is 18.2 Å². The molecule has 1 rings (SSSR count). The molecule has 0 saturated heterocycles. The average Bonchev–Trinajstić information content (AvgIpc) is 2.46. The predicted molar refractivity (Wildman–Crippen MR) is 83.1 cm³/mol. The summed E-state index contributed by atoms with van der Waals surface area (Å²) >= 11 is 0. The summed E-state index contributed by atoms with van der Waals surface area (Å²) in [4.78, 5) is 23.1. The lowest BCUT2D eigenvalue weighted by Crippen LogP contribution is -2.20. The van der Waals surface area contributed by atoms with Gasteiger partial charge in [0, 0.05) is 19.8 Å². The maximum Gasteiger partial charge on any atom is 0.302 e. The molecule has 1 aromatic rings. The number of rotatable bonds is 9. The topological polar surface area (TPSA) is 72.8 Å². The van der Waals surface area contributed by atoms with Gasteiger partial charge in [0.2, 0.25) is 0 Å². The highest BCUT2D eigenvalue weighted by Gasteiger charge is 2.16. The number of Topliss-reactive ketones (excluding diaryl/α,β-unsaturated/α-hetero) is 1. The molecule has 0 aliphatic rings. The summed E-state index contributed by atoms with van der Waals surface area (Å²) in [6.45, 7) is 3.35. The van der Waals surface area contributed by atoms with Gasteiger partial charge in [0.05, 0.1) is 7.11 Å². The second-order valence-electron chi connectivity index (χ2n) is 5.27. The number of hydrogen-bond donors (Lipinski definition) is 1. The van der Waals surface area contributed by atoms with Crippen LogP contribution in [-0.4, -0.2) is 30.1 Å². The number of phenolic OH excluding ortho intramolecular Hbond substituents is 1. The number of aryl methyl sites for hydroxylation is 1. The zero-order valence-corrected chi connectivity index (χ0v) is 13.4. The SMILES string of the molecule is CCCC(CC(=O)CCc1ccc(O)c(OC)c1)OC(C)=O. The third-order valence-corrected chi connectivity index (χ3v) is 3.34. The number of ketones is 1. The van der Waals surface area contributed by atoms with Crippen LogP contribution in [0, 0.1) is 0 Å². The molecule has 0 heterocycles. The van der Waals surface area contributed by atoms with Crippen molar-refractivity contribution in [3.05, 3.63) is 23.8 Å². The summed E-state index contributed by atoms with van der Waals surface area (Å²) in [6.07, 6.45) is 2.41. The molecule has 0 aromatic heterocycles. The number of ether oxygens (including phenoxy) is 2. The molecule has 0 radical (unpaired) electrons. The van der Waals surface area contributed by atoms with Gasteiger partial charge in [0.1, 0.15) is 11.9 Å². The quantitative estimate of drug-likeness (QED) is 0.710. The fourth-order valence-electron chi connectivity index (χ4n) is 2.28. The highest BCUT2D eigenvalue weighted by atomic mass is 16.5. The van der Waals surface area contributed by atoms with Gasteiger partial charge in [0.15, 0.2) is 11.5 Å². The molecule has 0 bridgehead atoms. The van der Waals surface area contributed by atoms with E-state index < -0.39 is 0 Å². The summed E-state index contributed by atoms with van der Waals surface area (Å²) in [5, 5.41) is 9.53. The molecule has 0 saturated carbocycles. The van der Waals surface area contributed by atoms with Crippen molar-refractivity contribution in [2.45, 2.75) is 52.1 Å². The second kappa shape index (κ2) is 9.07. The molecule has 5 nitrogen and oxygen atoms in total. The molecule has 1 unspecified atom stereocenters. The summed E-state index contributed by atoms with van der Waals surface area (Å²) < 4.78 is 10.2. The van der Waals surface area contributed by atoms with Crippen LogP contribution in [0.4, 0.5) is 0 Å². The van der Waals surface area contributed by atoms with Crippen LogP contribution in [-0.2, 0) is 20.7 Å². The van der Waals surface area contributed by atoms with Crippen LogP contribution < -0.4 is 4.74 Å². The lowest BCUT2D eigenvalue weighted by molar-refractivity contribution is -0.147. The van der Waals surface area contributed by atoms with Crippen molar-refractivity contribution >= 4 is 11.8 Å². The normalized spacial score (nSPS) is 11.8. The number of benzene rings is 1. The Balaban J connectivity index is 2.52. The third-order valence-electron chi connectivity index (χ3n) is 3.34. The van der Waals surface area contributed by atoms with Gasteiger partial charge >= 0.3 is 5.97 Å². The van der Waals surface area contributed by atoms with Gasteiger partial charge in [0.25, 0.3) is 0 Å². The summed E-state index contributed by atoms with van der Waals surface area (Å²) in [5.74, 6) is 0.186. The molecular formula is C17H24O5. The largest absolute Gasteiger partial charge is 0.504 e. The Morgan fingerprint density at radius 3 is 2.64 bits per heavy atom. The van der Waals surface area contributed by atoms with E-state index in [1.165, 1.54) is 14.0 Å². The minimum Gasteiger partial charge on any atom is -0.504 e. The van der Waals surface area contributed by atoms with Gasteiger partial charge < -0.3 is 14.6 Å². The van der Waals surface area contributed by atoms with Gasteiger partial charge in [-0.05, 0) is 30.5 Å². The van der Waals surface area contributed by atoms with E-state index >= 15 is 0 Å². The van der Waals surface area contributed by atoms with Crippen molar-refractivity contribution in [2.24, 2.45) is 0 Å². The van der Waals surface area contributed by atoms with Crippen LogP contribution in [0.25, 0.3) is 0 Å². The minimum absolute atomic E-state index is 0.0618. The number of hydrogen-bond acceptors (Lipinski definition) is 5. The molecule has 5 heteroatoms. The van der Waals surface area contributed by atoms with E-state index in [4.69, 9.17) is 9.47 Å². The lowest BCUT2D eigenvalue weighted by atomic mass is 10.0. The Kier molecular flexibility index (Phi) is 7.43. The van der Waals surface area contributed by atoms with Gasteiger partial charge in [-0.2, -0.15) is 0 Å². The van der Waals surface area contributed by atoms with Crippen molar-refractivity contribution in [3.63, 3.8) is 0 Å². The molecule has 0 fully saturated rings. The zero-order valence-electron chi connectivity index (χ0n) is 13.4. The number of carbonyl (C=O) groups is 2. The Morgan fingerprint density at radius 1 is 1.32 bits per heavy atom. The number of carbonyl (C=O) groups excluding carboxylic acids is 2. The first-order chi connectivity index (χ1) is 10.5. The number of methoxy groups -OCH3 is 1. The molecule has 1 aromatic carbocycles. The van der Waals surface area contributed by atoms with Crippen molar-refractivity contribution in [1.29, 1.82) is 0 Å². The molecule has 22 heavy (non-hydrogen) atoms. The smallest absolute Gasteiger partial charge is 0.302 e. The number of aromatic hydroxyl groups is 1. The van der Waals surface area contributed by atoms with Crippen LogP contribution in [0.3, 0.4) is 0 Å². The Morgan fingerprint density at radius 2 is 2.05 bits per heavy atom. The van der Waals surface area contributed by atoms with Crippen LogP contribution in [0.15, 0.2) is 18.2 Å². The molecule has 0 aliphatic heterocycles. The van der Waals surface area contributed by atoms with Crippen LogP contribution in [0.5, 0.6) is 11.5 Å². The highest BCUT2D eigenvalue weighted by molar-refractivity contribution is 5.79. The first-order valence-corrected chi connectivity index (χ1v) is 7.51. The second-order valence-corrected chi connectivity index (χ2v) is 5.27. The predicted octanol–water partition coefficient (Wildman–Crippen LogP) is 3.02. The van der Waals surface area contributed by atoms with Crippen molar-refractivity contribution in [3.8, 4) is 11.5 Å². The maximum absolute atomic E-state index is 12.0. The first-order valence-electron chi connectivity index (χ1n) is 7.51. The number of phenols is 1. The molecule has 1 atom stereocenters. The van der Waals surface area contributed by atoms with Gasteiger partial charge in [-0.25, -0.2) is 0 Å². The third kappa shape index (κ3) is 6.16. The van der Waals surface area contributed by atoms with Crippen molar-refractivity contribution < 1.29 is 24.2 Å². The molecule has 0 amide bonds. The molecule has 0 aliphatic carbocycles. The molecular weight excluding hydrogens is 284 g/mol. The van der Waals surface area contributed by atoms with E-state index in [-0.39, 0.29) is 30.0 Å². The van der Waals surface area contributed by atoms with Gasteiger partial charge in [-0.15, -0.1) is 0 Å². The average molecular weight is 308 g/mol. The van der Waals surface area contributed by atoms with Crippen molar-refractivity contribution in [1.82, 2.24) is 0 Å². The van der Waals surface area contributed by atoms with E-state index in [1.807, 2.05) is 6.92 Å². The molecule has 0 spiro atoms. The summed E-state index contributed by atoms with van der Waals surface area (Å²) in [7, 11) is 1.48. The van der Waals surface area contributed by atoms with Crippen LogP contribution in [0.2, 0.25) is 0 Å². The van der Waals surface area contributed by atoms with Crippen molar-refractivity contribution in [2.75, 3.05) is 7.11 Å². The monoisotopic (exact) mass is 308 g/mol. The molecule has 1 N–H and O–H groups in total. The maximum atomic E-state index is 12.0. The Bertz CT molecular complexity index is 510. The van der Waals surface area contributed by atoms with Crippen LogP contribution >= 0.6 is 0 Å². The number of esters is 1.